The van der Waals surface area contributed by atoms with Gasteiger partial charge >= 0.3 is 0 Å². The number of aliphatic hydroxyl groups is 1. The molecule has 8 heteroatoms. The molecule has 0 fully saturated rings. The number of aliphatic hydroxyl groups excluding tert-OH is 1. The molecule has 170 valence electrons. The van der Waals surface area contributed by atoms with Crippen LogP contribution in [0.15, 0.2) is 61.1 Å². The topological polar surface area (TPSA) is 70.9 Å². The summed E-state index contributed by atoms with van der Waals surface area (Å²) in [4.78, 5) is 12.8. The lowest BCUT2D eigenvalue weighted by Crippen LogP contribution is -2.31. The maximum atomic E-state index is 15.3. The van der Waals surface area contributed by atoms with Crippen LogP contribution in [-0.2, 0) is 0 Å². The number of fused-ring (bicyclic) bond motifs is 1. The smallest absolute Gasteiger partial charge is 0.156 e. The van der Waals surface area contributed by atoms with E-state index < -0.39 is 23.6 Å². The van der Waals surface area contributed by atoms with Crippen LogP contribution in [0.25, 0.3) is 22.0 Å². The van der Waals surface area contributed by atoms with E-state index in [9.17, 15) is 9.50 Å². The first kappa shape index (κ1) is 23.0. The first-order valence-electron chi connectivity index (χ1n) is 10.4. The standard InChI is InChI=1S/C25H23ClF2N4O/c1-14(33)24-30-11-16(12-31-24)15-8-9-21-18(10-15)22(19(26)13-29-21)32-23(25(2,3)28)17-6-4-5-7-20(17)27/h4-14,23,33H,1-3H3,(H,29,32). The van der Waals surface area contributed by atoms with E-state index in [1.807, 2.05) is 18.2 Å². The fourth-order valence-electron chi connectivity index (χ4n) is 3.67. The maximum absolute atomic E-state index is 15.3. The van der Waals surface area contributed by atoms with E-state index in [4.69, 9.17) is 11.6 Å². The maximum Gasteiger partial charge on any atom is 0.156 e. The van der Waals surface area contributed by atoms with E-state index in [0.29, 0.717) is 22.4 Å². The third-order valence-electron chi connectivity index (χ3n) is 5.39. The highest BCUT2D eigenvalue weighted by molar-refractivity contribution is 6.34. The summed E-state index contributed by atoms with van der Waals surface area (Å²) in [6.45, 7) is 4.37. The van der Waals surface area contributed by atoms with E-state index in [0.717, 1.165) is 11.1 Å². The fraction of sp³-hybridized carbons (Fsp3) is 0.240. The summed E-state index contributed by atoms with van der Waals surface area (Å²) in [7, 11) is 0. The lowest BCUT2D eigenvalue weighted by Gasteiger charge is -2.30. The van der Waals surface area contributed by atoms with Crippen LogP contribution in [0, 0.1) is 5.82 Å². The molecule has 0 saturated heterocycles. The van der Waals surface area contributed by atoms with Crippen LogP contribution in [0.4, 0.5) is 14.5 Å². The summed E-state index contributed by atoms with van der Waals surface area (Å²) >= 11 is 6.48. The van der Waals surface area contributed by atoms with Gasteiger partial charge in [0.1, 0.15) is 17.6 Å². The van der Waals surface area contributed by atoms with Gasteiger partial charge in [0, 0.05) is 35.1 Å². The van der Waals surface area contributed by atoms with Crippen molar-refractivity contribution >= 4 is 28.2 Å². The molecule has 0 aliphatic rings. The second-order valence-corrected chi connectivity index (χ2v) is 8.79. The van der Waals surface area contributed by atoms with Gasteiger partial charge in [-0.3, -0.25) is 4.98 Å². The van der Waals surface area contributed by atoms with Crippen molar-refractivity contribution in [3.63, 3.8) is 0 Å². The van der Waals surface area contributed by atoms with Gasteiger partial charge in [-0.25, -0.2) is 18.7 Å². The van der Waals surface area contributed by atoms with Gasteiger partial charge in [0.25, 0.3) is 0 Å². The van der Waals surface area contributed by atoms with Crippen molar-refractivity contribution in [2.24, 2.45) is 0 Å². The minimum Gasteiger partial charge on any atom is -0.385 e. The predicted molar refractivity (Wildman–Crippen MR) is 126 cm³/mol. The SMILES string of the molecule is CC(O)c1ncc(-c2ccc3ncc(Cl)c(NC(c4ccccc4F)C(C)(C)F)c3c2)cn1. The van der Waals surface area contributed by atoms with Crippen molar-refractivity contribution in [3.8, 4) is 11.1 Å². The summed E-state index contributed by atoms with van der Waals surface area (Å²) < 4.78 is 29.8. The second-order valence-electron chi connectivity index (χ2n) is 8.38. The third-order valence-corrected chi connectivity index (χ3v) is 5.68. The van der Waals surface area contributed by atoms with Gasteiger partial charge in [-0.1, -0.05) is 35.9 Å². The number of benzene rings is 2. The van der Waals surface area contributed by atoms with Crippen molar-refractivity contribution in [2.75, 3.05) is 5.32 Å². The summed E-state index contributed by atoms with van der Waals surface area (Å²) in [5, 5.41) is 13.7. The summed E-state index contributed by atoms with van der Waals surface area (Å²) in [6, 6.07) is 10.6. The van der Waals surface area contributed by atoms with Gasteiger partial charge in [0.2, 0.25) is 0 Å². The zero-order chi connectivity index (χ0) is 23.8. The molecule has 2 atom stereocenters. The molecule has 0 amide bonds. The van der Waals surface area contributed by atoms with Crippen LogP contribution >= 0.6 is 11.6 Å². The fourth-order valence-corrected chi connectivity index (χ4v) is 3.88. The lowest BCUT2D eigenvalue weighted by molar-refractivity contribution is 0.182. The molecule has 4 rings (SSSR count). The van der Waals surface area contributed by atoms with Gasteiger partial charge in [0.15, 0.2) is 5.82 Å². The van der Waals surface area contributed by atoms with E-state index in [1.54, 1.807) is 37.5 Å². The van der Waals surface area contributed by atoms with Crippen LogP contribution in [0.5, 0.6) is 0 Å². The van der Waals surface area contributed by atoms with Crippen LogP contribution in [-0.4, -0.2) is 25.7 Å². The highest BCUT2D eigenvalue weighted by Crippen LogP contribution is 2.39. The first-order chi connectivity index (χ1) is 15.6. The molecular formula is C25H23ClF2N4O. The number of nitrogens with one attached hydrogen (secondary N) is 1. The minimum absolute atomic E-state index is 0.198. The minimum atomic E-state index is -1.80. The largest absolute Gasteiger partial charge is 0.385 e. The van der Waals surface area contributed by atoms with Crippen molar-refractivity contribution in [3.05, 3.63) is 83.3 Å². The zero-order valence-corrected chi connectivity index (χ0v) is 19.1. The van der Waals surface area contributed by atoms with Gasteiger partial charge in [-0.15, -0.1) is 0 Å². The van der Waals surface area contributed by atoms with Gasteiger partial charge in [0.05, 0.1) is 22.3 Å². The molecule has 2 N–H and O–H groups in total. The van der Waals surface area contributed by atoms with E-state index in [-0.39, 0.29) is 10.6 Å². The first-order valence-corrected chi connectivity index (χ1v) is 10.8. The molecule has 2 unspecified atom stereocenters. The van der Waals surface area contributed by atoms with Crippen LogP contribution in [0.1, 0.15) is 44.3 Å². The molecule has 0 saturated carbocycles. The molecule has 0 radical (unpaired) electrons. The summed E-state index contributed by atoms with van der Waals surface area (Å²) in [5.74, 6) is -0.184. The molecule has 0 aliphatic carbocycles. The van der Waals surface area contributed by atoms with Crippen LogP contribution in [0.3, 0.4) is 0 Å². The summed E-state index contributed by atoms with van der Waals surface area (Å²) in [6.07, 6.45) is 3.95. The number of anilines is 1. The number of nitrogens with zero attached hydrogens (tertiary/aromatic N) is 3. The number of rotatable bonds is 6. The molecule has 0 spiro atoms. The Morgan fingerprint density at radius 1 is 1.00 bits per heavy atom. The molecule has 0 aliphatic heterocycles. The normalized spacial score (nSPS) is 13.7. The Morgan fingerprint density at radius 3 is 2.33 bits per heavy atom. The number of hydrogen-bond donors (Lipinski definition) is 2. The number of aromatic nitrogens is 3. The molecule has 2 heterocycles. The van der Waals surface area contributed by atoms with Crippen molar-refractivity contribution in [1.29, 1.82) is 0 Å². The van der Waals surface area contributed by atoms with Crippen molar-refractivity contribution < 1.29 is 13.9 Å². The van der Waals surface area contributed by atoms with E-state index >= 15 is 4.39 Å². The quantitative estimate of drug-likeness (QED) is 0.341. The van der Waals surface area contributed by atoms with Gasteiger partial charge in [-0.05, 0) is 44.5 Å². The molecule has 0 bridgehead atoms. The number of alkyl halides is 1. The number of hydrogen-bond acceptors (Lipinski definition) is 5. The van der Waals surface area contributed by atoms with Gasteiger partial charge in [-0.2, -0.15) is 0 Å². The molecule has 2 aromatic heterocycles. The third kappa shape index (κ3) is 4.79. The molecular weight excluding hydrogens is 446 g/mol. The van der Waals surface area contributed by atoms with Crippen molar-refractivity contribution in [2.45, 2.75) is 38.6 Å². The average Bonchev–Trinajstić information content (AvgIpc) is 2.78. The highest BCUT2D eigenvalue weighted by atomic mass is 35.5. The predicted octanol–water partition coefficient (Wildman–Crippen LogP) is 6.44. The Bertz CT molecular complexity index is 1290. The Morgan fingerprint density at radius 2 is 1.70 bits per heavy atom. The Balaban J connectivity index is 1.82. The monoisotopic (exact) mass is 468 g/mol. The zero-order valence-electron chi connectivity index (χ0n) is 18.4. The van der Waals surface area contributed by atoms with Crippen LogP contribution < -0.4 is 5.32 Å². The number of pyridine rings is 1. The lowest BCUT2D eigenvalue weighted by atomic mass is 9.92. The molecule has 4 aromatic rings. The summed E-state index contributed by atoms with van der Waals surface area (Å²) in [5.41, 5.74) is 0.991. The second kappa shape index (κ2) is 9.00. The Labute approximate surface area is 195 Å². The average molecular weight is 469 g/mol. The molecule has 5 nitrogen and oxygen atoms in total. The van der Waals surface area contributed by atoms with Gasteiger partial charge < -0.3 is 10.4 Å². The van der Waals surface area contributed by atoms with Crippen LogP contribution in [0.2, 0.25) is 5.02 Å². The Hall–Kier alpha value is -3.16. The molecule has 33 heavy (non-hydrogen) atoms. The highest BCUT2D eigenvalue weighted by Gasteiger charge is 2.33. The Kier molecular flexibility index (Phi) is 6.28. The molecule has 2 aromatic carbocycles. The van der Waals surface area contributed by atoms with Crippen molar-refractivity contribution in [1.82, 2.24) is 15.0 Å². The number of halogens is 3. The van der Waals surface area contributed by atoms with E-state index in [1.165, 1.54) is 26.1 Å². The van der Waals surface area contributed by atoms with E-state index in [2.05, 4.69) is 20.3 Å².